The van der Waals surface area contributed by atoms with Crippen LogP contribution in [0.2, 0.25) is 0 Å². The Hall–Kier alpha value is -11.8. The highest BCUT2D eigenvalue weighted by Crippen LogP contribution is 2.47. The van der Waals surface area contributed by atoms with Crippen LogP contribution in [0.15, 0.2) is 131 Å². The van der Waals surface area contributed by atoms with Crippen LogP contribution in [0, 0.1) is 0 Å². The standard InChI is InChI=1S/C15H12O7.C15H10O7.C15H14O6.C15H12O6/c2*16-7-4-10(19)12-11(5-7)22-15(14(21)13(12)20)6-1-2-8(17)9(18)3-6;16-8-4-11(18)9-6-13(20)15(21-14(9)5-8)7-1-2-10(17)12(19)3-7;16-8-4-11(19)15-12(20)6-13(21-14(15)5-8)7-1-2-9(17)10(18)3-7/h1-5,14-19,21H;1-5,16-19,21H;1-5,13,15-20H,6H2;1-5,13,16-19H,6H2/t14-,15+;;13-,15+;/m0.0./s1. The van der Waals surface area contributed by atoms with Crippen LogP contribution in [0.3, 0.4) is 0 Å². The number of phenols is 16. The number of fused-ring (bicyclic) bond motifs is 4. The van der Waals surface area contributed by atoms with Gasteiger partial charge in [0.2, 0.25) is 17.0 Å². The number of aliphatic hydroxyl groups excluding tert-OH is 2. The molecule has 5 atom stereocenters. The molecule has 1 aromatic heterocycles. The predicted octanol–water partition coefficient (Wildman–Crippen LogP) is 6.94. The highest BCUT2D eigenvalue weighted by molar-refractivity contribution is 6.06. The molecule has 444 valence electrons. The fourth-order valence-corrected chi connectivity index (χ4v) is 9.33. The number of hydrogen-bond donors (Lipinski definition) is 19. The summed E-state index contributed by atoms with van der Waals surface area (Å²) in [5.74, 6) is -7.09. The molecule has 3 aliphatic rings. The van der Waals surface area contributed by atoms with Crippen LogP contribution >= 0.6 is 0 Å². The molecule has 86 heavy (non-hydrogen) atoms. The number of phenolic OH excluding ortho intramolecular Hbond substituents is 16. The van der Waals surface area contributed by atoms with Gasteiger partial charge in [0.1, 0.15) is 97.5 Å². The second kappa shape index (κ2) is 23.2. The van der Waals surface area contributed by atoms with Gasteiger partial charge in [0.15, 0.2) is 69.7 Å². The van der Waals surface area contributed by atoms with Crippen LogP contribution in [0.4, 0.5) is 0 Å². The van der Waals surface area contributed by atoms with E-state index in [2.05, 4.69) is 0 Å². The largest absolute Gasteiger partial charge is 0.508 e. The van der Waals surface area contributed by atoms with Crippen molar-refractivity contribution in [3.8, 4) is 126 Å². The van der Waals surface area contributed by atoms with Gasteiger partial charge in [-0.25, -0.2) is 0 Å². The van der Waals surface area contributed by atoms with Crippen molar-refractivity contribution in [2.24, 2.45) is 0 Å². The highest BCUT2D eigenvalue weighted by atomic mass is 16.5. The van der Waals surface area contributed by atoms with Crippen LogP contribution in [0.25, 0.3) is 22.3 Å². The molecule has 0 fully saturated rings. The number of ketones is 2. The van der Waals surface area contributed by atoms with Crippen LogP contribution < -0.4 is 19.6 Å². The monoisotopic (exact) mass is 1180 g/mol. The van der Waals surface area contributed by atoms with Gasteiger partial charge in [-0.3, -0.25) is 14.4 Å². The Morgan fingerprint density at radius 3 is 1.41 bits per heavy atom. The average molecular weight is 1190 g/mol. The Kier molecular flexibility index (Phi) is 15.9. The van der Waals surface area contributed by atoms with E-state index in [4.69, 9.17) is 18.6 Å². The fraction of sp³-hybridized carbons (Fsp3) is 0.117. The van der Waals surface area contributed by atoms with E-state index in [1.807, 2.05) is 0 Å². The molecule has 4 heterocycles. The molecule has 1 unspecified atom stereocenters. The van der Waals surface area contributed by atoms with E-state index in [0.29, 0.717) is 16.7 Å². The summed E-state index contributed by atoms with van der Waals surface area (Å²) in [5.41, 5.74) is 0.581. The van der Waals surface area contributed by atoms with Crippen LogP contribution in [-0.4, -0.2) is 121 Å². The molecule has 26 heteroatoms. The van der Waals surface area contributed by atoms with Crippen LogP contribution in [-0.2, 0) is 6.42 Å². The number of aliphatic hydroxyl groups is 2. The molecule has 0 aliphatic carbocycles. The van der Waals surface area contributed by atoms with E-state index in [1.54, 1.807) is 0 Å². The first-order valence-corrected chi connectivity index (χ1v) is 25.1. The fourth-order valence-electron chi connectivity index (χ4n) is 9.33. The van der Waals surface area contributed by atoms with Crippen LogP contribution in [0.1, 0.15) is 67.7 Å². The molecule has 3 aliphatic heterocycles. The first kappa shape index (κ1) is 58.9. The lowest BCUT2D eigenvalue weighted by Gasteiger charge is -2.31. The Morgan fingerprint density at radius 1 is 0.384 bits per heavy atom. The smallest absolute Gasteiger partial charge is 0.238 e. The molecular formula is C60H48O26. The minimum Gasteiger partial charge on any atom is -0.508 e. The molecule has 0 radical (unpaired) electrons. The first-order chi connectivity index (χ1) is 40.7. The van der Waals surface area contributed by atoms with E-state index in [9.17, 15) is 111 Å². The van der Waals surface area contributed by atoms with Gasteiger partial charge >= 0.3 is 0 Å². The summed E-state index contributed by atoms with van der Waals surface area (Å²) in [7, 11) is 0. The van der Waals surface area contributed by atoms with E-state index in [-0.39, 0.29) is 144 Å². The summed E-state index contributed by atoms with van der Waals surface area (Å²) in [5, 5.41) is 182. The Balaban J connectivity index is 0.000000137. The van der Waals surface area contributed by atoms with Gasteiger partial charge < -0.3 is 116 Å². The molecule has 9 aromatic rings. The summed E-state index contributed by atoms with van der Waals surface area (Å²) < 4.78 is 22.1. The van der Waals surface area contributed by atoms with E-state index < -0.39 is 70.5 Å². The van der Waals surface area contributed by atoms with E-state index >= 15 is 0 Å². The number of carbonyl (C=O) groups is 2. The van der Waals surface area contributed by atoms with Gasteiger partial charge in [-0.1, -0.05) is 18.2 Å². The molecular weight excluding hydrogens is 1140 g/mol. The second-order valence-corrected chi connectivity index (χ2v) is 19.4. The molecule has 0 saturated carbocycles. The van der Waals surface area contributed by atoms with Crippen molar-refractivity contribution in [1.29, 1.82) is 0 Å². The summed E-state index contributed by atoms with van der Waals surface area (Å²) in [6.07, 6.45) is -5.00. The SMILES string of the molecule is O=C1CC(c2ccc(O)c(O)c2)Oc2cc(O)cc(O)c21.O=C1c2c(O)cc(O)cc2O[C@H](c2ccc(O)c(O)c2)[C@H]1O.O=c1c(O)c(-c2ccc(O)c(O)c2)oc2cc(O)cc(O)c12.Oc1cc(O)c2c(c1)O[C@H](c1ccc(O)c(O)c1)[C@@H](O)C2. The summed E-state index contributed by atoms with van der Waals surface area (Å²) >= 11 is 0. The van der Waals surface area contributed by atoms with Gasteiger partial charge in [0.05, 0.1) is 12.5 Å². The van der Waals surface area contributed by atoms with Crippen molar-refractivity contribution in [3.63, 3.8) is 0 Å². The molecule has 12 rings (SSSR count). The van der Waals surface area contributed by atoms with Crippen molar-refractivity contribution >= 4 is 22.5 Å². The molecule has 26 nitrogen and oxygen atoms in total. The Bertz CT molecular complexity index is 4230. The average Bonchev–Trinajstić information content (AvgIpc) is 1.39. The summed E-state index contributed by atoms with van der Waals surface area (Å²) in [4.78, 5) is 36.5. The third kappa shape index (κ3) is 11.8. The number of ether oxygens (including phenoxy) is 3. The quantitative estimate of drug-likeness (QED) is 0.0793. The minimum absolute atomic E-state index is 0.0183. The molecule has 0 bridgehead atoms. The predicted molar refractivity (Wildman–Crippen MR) is 294 cm³/mol. The van der Waals surface area contributed by atoms with Gasteiger partial charge in [-0.15, -0.1) is 0 Å². The molecule has 0 saturated heterocycles. The van der Waals surface area contributed by atoms with Crippen molar-refractivity contribution in [2.45, 2.75) is 43.4 Å². The highest BCUT2D eigenvalue weighted by Gasteiger charge is 2.40. The number of Topliss-reactive ketones (excluding diaryl/α,β-unsaturated/α-hetero) is 2. The number of hydrogen-bond acceptors (Lipinski definition) is 26. The second-order valence-electron chi connectivity index (χ2n) is 19.4. The third-order valence-electron chi connectivity index (χ3n) is 13.5. The molecule has 8 aromatic carbocycles. The summed E-state index contributed by atoms with van der Waals surface area (Å²) in [6.45, 7) is 0. The number of aromatic hydroxyl groups is 17. The lowest BCUT2D eigenvalue weighted by Crippen LogP contribution is -2.36. The zero-order valence-electron chi connectivity index (χ0n) is 43.7. The lowest BCUT2D eigenvalue weighted by molar-refractivity contribution is 0.0197. The zero-order chi connectivity index (χ0) is 62.3. The van der Waals surface area contributed by atoms with E-state index in [1.165, 1.54) is 72.8 Å². The maximum absolute atomic E-state index is 12.2. The topological polar surface area (TPSA) is 476 Å². The third-order valence-corrected chi connectivity index (χ3v) is 13.5. The van der Waals surface area contributed by atoms with Crippen molar-refractivity contribution in [3.05, 3.63) is 165 Å². The molecule has 19 N–H and O–H groups in total. The van der Waals surface area contributed by atoms with Gasteiger partial charge in [-0.05, 0) is 71.3 Å². The normalized spacial score (nSPS) is 17.2. The first-order valence-electron chi connectivity index (χ1n) is 25.1. The van der Waals surface area contributed by atoms with Gasteiger partial charge in [0, 0.05) is 66.1 Å². The Labute approximate surface area is 481 Å². The maximum Gasteiger partial charge on any atom is 0.238 e. The van der Waals surface area contributed by atoms with Gasteiger partial charge in [0.25, 0.3) is 0 Å². The van der Waals surface area contributed by atoms with Crippen molar-refractivity contribution < 1.29 is 125 Å². The van der Waals surface area contributed by atoms with Gasteiger partial charge in [-0.2, -0.15) is 0 Å². The van der Waals surface area contributed by atoms with Crippen molar-refractivity contribution in [1.82, 2.24) is 0 Å². The Morgan fingerprint density at radius 2 is 0.837 bits per heavy atom. The van der Waals surface area contributed by atoms with E-state index in [0.717, 1.165) is 48.5 Å². The van der Waals surface area contributed by atoms with Crippen molar-refractivity contribution in [2.75, 3.05) is 0 Å². The maximum atomic E-state index is 12.2. The summed E-state index contributed by atoms with van der Waals surface area (Å²) in [6, 6.07) is 24.6. The molecule has 0 amide bonds. The lowest BCUT2D eigenvalue weighted by atomic mass is 9.92. The van der Waals surface area contributed by atoms with Crippen LogP contribution in [0.5, 0.6) is 115 Å². The number of rotatable bonds is 4. The number of carbonyl (C=O) groups excluding carboxylic acids is 2. The minimum atomic E-state index is -1.60. The molecule has 0 spiro atoms. The number of benzene rings is 8. The zero-order valence-corrected chi connectivity index (χ0v) is 43.7.